The van der Waals surface area contributed by atoms with Crippen molar-refractivity contribution < 1.29 is 12.8 Å². The Labute approximate surface area is 128 Å². The molecule has 1 atom stereocenters. The molecule has 2 aromatic carbocycles. The molecule has 22 heavy (non-hydrogen) atoms. The molecule has 0 aliphatic heterocycles. The SMILES string of the molecule is C[C@H](Nc1ccc(C#N)cc1F)c1cccc(S(N)(=O)=O)c1. The molecule has 0 aromatic heterocycles. The molecule has 2 rings (SSSR count). The van der Waals surface area contributed by atoms with Crippen molar-refractivity contribution in [2.24, 2.45) is 5.14 Å². The standard InChI is InChI=1S/C15H14FN3O2S/c1-10(12-3-2-4-13(8-12)22(18,20)21)19-15-6-5-11(9-17)7-14(15)16/h2-8,10,19H,1H3,(H2,18,20,21)/t10-/m0/s1. The number of anilines is 1. The quantitative estimate of drug-likeness (QED) is 0.905. The van der Waals surface area contributed by atoms with Crippen molar-refractivity contribution in [3.05, 3.63) is 59.4 Å². The first-order valence-electron chi connectivity index (χ1n) is 6.40. The van der Waals surface area contributed by atoms with Gasteiger partial charge in [-0.2, -0.15) is 5.26 Å². The Bertz CT molecular complexity index is 844. The first-order chi connectivity index (χ1) is 10.3. The van der Waals surface area contributed by atoms with E-state index in [0.29, 0.717) is 5.56 Å². The lowest BCUT2D eigenvalue weighted by Gasteiger charge is -2.17. The number of hydrogen-bond donors (Lipinski definition) is 2. The number of nitriles is 1. The molecule has 0 saturated carbocycles. The van der Waals surface area contributed by atoms with Gasteiger partial charge in [-0.05, 0) is 42.8 Å². The van der Waals surface area contributed by atoms with Crippen molar-refractivity contribution in [2.75, 3.05) is 5.32 Å². The van der Waals surface area contributed by atoms with Crippen LogP contribution in [0, 0.1) is 17.1 Å². The second kappa shape index (κ2) is 6.13. The van der Waals surface area contributed by atoms with E-state index in [2.05, 4.69) is 5.32 Å². The van der Waals surface area contributed by atoms with E-state index in [4.69, 9.17) is 10.4 Å². The van der Waals surface area contributed by atoms with Gasteiger partial charge in [0.25, 0.3) is 0 Å². The monoisotopic (exact) mass is 319 g/mol. The van der Waals surface area contributed by atoms with Crippen LogP contribution in [0.25, 0.3) is 0 Å². The molecule has 2 aromatic rings. The van der Waals surface area contributed by atoms with Gasteiger partial charge in [-0.25, -0.2) is 17.9 Å². The minimum atomic E-state index is -3.79. The summed E-state index contributed by atoms with van der Waals surface area (Å²) in [6.07, 6.45) is 0. The maximum absolute atomic E-state index is 13.9. The molecule has 0 radical (unpaired) electrons. The summed E-state index contributed by atoms with van der Waals surface area (Å²) < 4.78 is 36.6. The summed E-state index contributed by atoms with van der Waals surface area (Å²) in [4.78, 5) is -0.000972. The summed E-state index contributed by atoms with van der Waals surface area (Å²) in [5.41, 5.74) is 1.11. The van der Waals surface area contributed by atoms with Crippen LogP contribution in [0.5, 0.6) is 0 Å². The molecule has 0 unspecified atom stereocenters. The Morgan fingerprint density at radius 2 is 2.00 bits per heavy atom. The number of nitrogens with two attached hydrogens (primary N) is 1. The molecule has 0 fully saturated rings. The Balaban J connectivity index is 2.26. The maximum Gasteiger partial charge on any atom is 0.238 e. The Hall–Kier alpha value is -2.43. The van der Waals surface area contributed by atoms with Gasteiger partial charge in [0.1, 0.15) is 5.82 Å². The predicted octanol–water partition coefficient (Wildman–Crippen LogP) is 2.52. The highest BCUT2D eigenvalue weighted by molar-refractivity contribution is 7.89. The Morgan fingerprint density at radius 3 is 2.59 bits per heavy atom. The van der Waals surface area contributed by atoms with Gasteiger partial charge in [-0.15, -0.1) is 0 Å². The number of halogens is 1. The molecule has 7 heteroatoms. The van der Waals surface area contributed by atoms with Crippen LogP contribution in [0.2, 0.25) is 0 Å². The van der Waals surface area contributed by atoms with Crippen LogP contribution < -0.4 is 10.5 Å². The fourth-order valence-corrected chi connectivity index (χ4v) is 2.55. The number of rotatable bonds is 4. The van der Waals surface area contributed by atoms with Crippen LogP contribution in [0.15, 0.2) is 47.4 Å². The van der Waals surface area contributed by atoms with E-state index in [-0.39, 0.29) is 22.2 Å². The molecular formula is C15H14FN3O2S. The molecule has 0 amide bonds. The van der Waals surface area contributed by atoms with Crippen molar-refractivity contribution in [3.8, 4) is 6.07 Å². The van der Waals surface area contributed by atoms with Crippen LogP contribution in [-0.4, -0.2) is 8.42 Å². The number of nitrogens with one attached hydrogen (secondary N) is 1. The van der Waals surface area contributed by atoms with Gasteiger partial charge >= 0.3 is 0 Å². The van der Waals surface area contributed by atoms with Gasteiger partial charge in [-0.3, -0.25) is 0 Å². The fraction of sp³-hybridized carbons (Fsp3) is 0.133. The molecule has 0 aliphatic carbocycles. The summed E-state index contributed by atoms with van der Waals surface area (Å²) in [5, 5.41) is 16.7. The van der Waals surface area contributed by atoms with Crippen LogP contribution in [0.4, 0.5) is 10.1 Å². The largest absolute Gasteiger partial charge is 0.376 e. The third-order valence-electron chi connectivity index (χ3n) is 3.16. The van der Waals surface area contributed by atoms with Crippen molar-refractivity contribution >= 4 is 15.7 Å². The zero-order valence-corrected chi connectivity index (χ0v) is 12.6. The Morgan fingerprint density at radius 1 is 1.27 bits per heavy atom. The minimum absolute atomic E-state index is 0.000972. The molecule has 114 valence electrons. The second-order valence-corrected chi connectivity index (χ2v) is 6.35. The average molecular weight is 319 g/mol. The molecule has 5 nitrogen and oxygen atoms in total. The van der Waals surface area contributed by atoms with E-state index in [1.54, 1.807) is 19.1 Å². The molecule has 0 spiro atoms. The molecule has 0 saturated heterocycles. The average Bonchev–Trinajstić information content (AvgIpc) is 2.48. The normalized spacial score (nSPS) is 12.5. The van der Waals surface area contributed by atoms with Crippen LogP contribution in [0.3, 0.4) is 0 Å². The topological polar surface area (TPSA) is 96.0 Å². The van der Waals surface area contributed by atoms with Gasteiger partial charge in [0, 0.05) is 6.04 Å². The van der Waals surface area contributed by atoms with Gasteiger partial charge in [-0.1, -0.05) is 12.1 Å². The van der Waals surface area contributed by atoms with E-state index in [9.17, 15) is 12.8 Å². The van der Waals surface area contributed by atoms with Gasteiger partial charge in [0.2, 0.25) is 10.0 Å². The van der Waals surface area contributed by atoms with E-state index in [1.165, 1.54) is 24.3 Å². The lowest BCUT2D eigenvalue weighted by atomic mass is 10.1. The summed E-state index contributed by atoms with van der Waals surface area (Å²) in [6.45, 7) is 1.76. The third-order valence-corrected chi connectivity index (χ3v) is 4.07. The molecule has 0 heterocycles. The summed E-state index contributed by atoms with van der Waals surface area (Å²) in [7, 11) is -3.79. The molecule has 0 aliphatic rings. The summed E-state index contributed by atoms with van der Waals surface area (Å²) >= 11 is 0. The van der Waals surface area contributed by atoms with Crippen molar-refractivity contribution in [1.82, 2.24) is 0 Å². The Kier molecular flexibility index (Phi) is 4.45. The highest BCUT2D eigenvalue weighted by Crippen LogP contribution is 2.23. The van der Waals surface area contributed by atoms with E-state index in [0.717, 1.165) is 6.07 Å². The van der Waals surface area contributed by atoms with Gasteiger partial charge < -0.3 is 5.32 Å². The maximum atomic E-state index is 13.9. The van der Waals surface area contributed by atoms with E-state index in [1.807, 2.05) is 6.07 Å². The van der Waals surface area contributed by atoms with Gasteiger partial charge in [0.05, 0.1) is 22.2 Å². The lowest BCUT2D eigenvalue weighted by molar-refractivity contribution is 0.597. The first-order valence-corrected chi connectivity index (χ1v) is 7.95. The number of hydrogen-bond acceptors (Lipinski definition) is 4. The van der Waals surface area contributed by atoms with Crippen LogP contribution in [0.1, 0.15) is 24.1 Å². The third kappa shape index (κ3) is 3.61. The van der Waals surface area contributed by atoms with Crippen molar-refractivity contribution in [3.63, 3.8) is 0 Å². The number of sulfonamides is 1. The number of primary sulfonamides is 1. The zero-order chi connectivity index (χ0) is 16.3. The van der Waals surface area contributed by atoms with Crippen molar-refractivity contribution in [2.45, 2.75) is 17.9 Å². The lowest BCUT2D eigenvalue weighted by Crippen LogP contribution is -2.14. The van der Waals surface area contributed by atoms with E-state index < -0.39 is 15.8 Å². The second-order valence-electron chi connectivity index (χ2n) is 4.79. The smallest absolute Gasteiger partial charge is 0.238 e. The van der Waals surface area contributed by atoms with Crippen molar-refractivity contribution in [1.29, 1.82) is 5.26 Å². The fourth-order valence-electron chi connectivity index (χ4n) is 1.98. The number of nitrogens with zero attached hydrogens (tertiary/aromatic N) is 1. The first kappa shape index (κ1) is 15.9. The highest BCUT2D eigenvalue weighted by Gasteiger charge is 2.13. The van der Waals surface area contributed by atoms with E-state index >= 15 is 0 Å². The summed E-state index contributed by atoms with van der Waals surface area (Å²) in [5.74, 6) is -0.548. The predicted molar refractivity (Wildman–Crippen MR) is 81.0 cm³/mol. The summed E-state index contributed by atoms with van der Waals surface area (Å²) in [6, 6.07) is 11.7. The number of benzene rings is 2. The van der Waals surface area contributed by atoms with Crippen LogP contribution >= 0.6 is 0 Å². The highest BCUT2D eigenvalue weighted by atomic mass is 32.2. The zero-order valence-electron chi connectivity index (χ0n) is 11.7. The molecule has 3 N–H and O–H groups in total. The minimum Gasteiger partial charge on any atom is -0.376 e. The molecular weight excluding hydrogens is 305 g/mol. The van der Waals surface area contributed by atoms with Crippen LogP contribution in [-0.2, 0) is 10.0 Å². The molecule has 0 bridgehead atoms. The van der Waals surface area contributed by atoms with Gasteiger partial charge in [0.15, 0.2) is 0 Å².